The zero-order valence-electron chi connectivity index (χ0n) is 16.4. The Kier molecular flexibility index (Phi) is 6.80. The molecule has 1 N–H and O–H groups in total. The van der Waals surface area contributed by atoms with E-state index in [9.17, 15) is 9.90 Å². The SMILES string of the molecule is C[C@H]1OC(O)[C@H](OC(=O)c2ccccc2)[C@@H](N(C)C)[C@@H]1OCc1ccccc1. The van der Waals surface area contributed by atoms with E-state index in [1.54, 1.807) is 24.3 Å². The van der Waals surface area contributed by atoms with Gasteiger partial charge >= 0.3 is 5.97 Å². The molecule has 2 aromatic carbocycles. The Morgan fingerprint density at radius 2 is 1.64 bits per heavy atom. The van der Waals surface area contributed by atoms with Crippen LogP contribution in [0, 0.1) is 0 Å². The molecule has 1 fully saturated rings. The van der Waals surface area contributed by atoms with Gasteiger partial charge in [0.15, 0.2) is 12.4 Å². The number of rotatable bonds is 6. The average molecular weight is 385 g/mol. The van der Waals surface area contributed by atoms with E-state index in [1.165, 1.54) is 0 Å². The summed E-state index contributed by atoms with van der Waals surface area (Å²) >= 11 is 0. The molecule has 3 rings (SSSR count). The first kappa shape index (κ1) is 20.5. The summed E-state index contributed by atoms with van der Waals surface area (Å²) in [6, 6.07) is 18.2. The second kappa shape index (κ2) is 9.30. The molecule has 1 aliphatic rings. The second-order valence-corrected chi connectivity index (χ2v) is 7.18. The molecule has 6 heteroatoms. The van der Waals surface area contributed by atoms with Gasteiger partial charge in [0, 0.05) is 0 Å². The predicted molar refractivity (Wildman–Crippen MR) is 105 cm³/mol. The van der Waals surface area contributed by atoms with Crippen LogP contribution in [-0.4, -0.2) is 60.7 Å². The number of hydrogen-bond acceptors (Lipinski definition) is 6. The molecule has 0 aliphatic carbocycles. The van der Waals surface area contributed by atoms with Crippen molar-refractivity contribution in [3.05, 3.63) is 71.8 Å². The fourth-order valence-electron chi connectivity index (χ4n) is 3.49. The van der Waals surface area contributed by atoms with Crippen molar-refractivity contribution in [3.8, 4) is 0 Å². The Balaban J connectivity index is 1.77. The molecule has 1 heterocycles. The van der Waals surface area contributed by atoms with Gasteiger partial charge in [-0.3, -0.25) is 0 Å². The summed E-state index contributed by atoms with van der Waals surface area (Å²) in [5, 5.41) is 10.5. The van der Waals surface area contributed by atoms with Gasteiger partial charge in [-0.25, -0.2) is 4.79 Å². The van der Waals surface area contributed by atoms with Crippen LogP contribution in [0.2, 0.25) is 0 Å². The molecule has 2 aromatic rings. The number of carbonyl (C=O) groups excluding carboxylic acids is 1. The van der Waals surface area contributed by atoms with Gasteiger partial charge in [0.2, 0.25) is 0 Å². The van der Waals surface area contributed by atoms with Gasteiger partial charge in [0.05, 0.1) is 24.3 Å². The van der Waals surface area contributed by atoms with Crippen LogP contribution in [0.15, 0.2) is 60.7 Å². The Morgan fingerprint density at radius 3 is 2.25 bits per heavy atom. The fourth-order valence-corrected chi connectivity index (χ4v) is 3.49. The molecule has 28 heavy (non-hydrogen) atoms. The molecule has 0 aromatic heterocycles. The molecular weight excluding hydrogens is 358 g/mol. The summed E-state index contributed by atoms with van der Waals surface area (Å²) in [5.41, 5.74) is 1.46. The lowest BCUT2D eigenvalue weighted by molar-refractivity contribution is -0.272. The molecule has 0 spiro atoms. The van der Waals surface area contributed by atoms with Crippen molar-refractivity contribution in [2.24, 2.45) is 0 Å². The molecule has 1 unspecified atom stereocenters. The maximum atomic E-state index is 12.5. The number of carbonyl (C=O) groups is 1. The minimum atomic E-state index is -1.23. The van der Waals surface area contributed by atoms with Gasteiger partial charge in [-0.1, -0.05) is 48.5 Å². The fraction of sp³-hybridized carbons (Fsp3) is 0.409. The normalized spacial score (nSPS) is 27.5. The Bertz CT molecular complexity index is 752. The molecule has 1 aliphatic heterocycles. The van der Waals surface area contributed by atoms with Gasteiger partial charge < -0.3 is 24.2 Å². The average Bonchev–Trinajstić information content (AvgIpc) is 2.70. The lowest BCUT2D eigenvalue weighted by Crippen LogP contribution is -2.63. The number of esters is 1. The van der Waals surface area contributed by atoms with Gasteiger partial charge in [-0.2, -0.15) is 0 Å². The quantitative estimate of drug-likeness (QED) is 0.771. The molecule has 6 nitrogen and oxygen atoms in total. The van der Waals surface area contributed by atoms with Crippen LogP contribution in [0.3, 0.4) is 0 Å². The molecule has 0 bridgehead atoms. The molecule has 0 saturated carbocycles. The van der Waals surface area contributed by atoms with Gasteiger partial charge in [-0.05, 0) is 38.7 Å². The number of nitrogens with zero attached hydrogens (tertiary/aromatic N) is 1. The highest BCUT2D eigenvalue weighted by molar-refractivity contribution is 5.89. The topological polar surface area (TPSA) is 68.2 Å². The van der Waals surface area contributed by atoms with Crippen LogP contribution >= 0.6 is 0 Å². The maximum Gasteiger partial charge on any atom is 0.338 e. The summed E-state index contributed by atoms with van der Waals surface area (Å²) < 4.78 is 17.5. The standard InChI is InChI=1S/C22H27NO5/c1-15-19(26-14-16-10-6-4-7-11-16)18(23(2)3)20(22(25)27-15)28-21(24)17-12-8-5-9-13-17/h4-13,15,18-20,22,25H,14H2,1-3H3/t15-,18+,19-,20-,22?/m1/s1. The molecule has 150 valence electrons. The van der Waals surface area contributed by atoms with Crippen molar-refractivity contribution in [1.82, 2.24) is 4.90 Å². The van der Waals surface area contributed by atoms with Crippen molar-refractivity contribution in [2.75, 3.05) is 14.1 Å². The van der Waals surface area contributed by atoms with E-state index in [0.717, 1.165) is 5.56 Å². The van der Waals surface area contributed by atoms with Gasteiger partial charge in [0.25, 0.3) is 0 Å². The van der Waals surface area contributed by atoms with Crippen molar-refractivity contribution in [3.63, 3.8) is 0 Å². The molecule has 5 atom stereocenters. The predicted octanol–water partition coefficient (Wildman–Crippen LogP) is 2.46. The summed E-state index contributed by atoms with van der Waals surface area (Å²) in [4.78, 5) is 14.4. The smallest absolute Gasteiger partial charge is 0.338 e. The monoisotopic (exact) mass is 385 g/mol. The van der Waals surface area contributed by atoms with Crippen LogP contribution in [0.25, 0.3) is 0 Å². The van der Waals surface area contributed by atoms with Crippen LogP contribution in [-0.2, 0) is 20.8 Å². The van der Waals surface area contributed by atoms with Crippen LogP contribution in [0.1, 0.15) is 22.8 Å². The first-order valence-electron chi connectivity index (χ1n) is 9.39. The van der Waals surface area contributed by atoms with E-state index in [-0.39, 0.29) is 18.2 Å². The maximum absolute atomic E-state index is 12.5. The third kappa shape index (κ3) is 4.77. The van der Waals surface area contributed by atoms with E-state index >= 15 is 0 Å². The number of aliphatic hydroxyl groups is 1. The Labute approximate surface area is 165 Å². The second-order valence-electron chi connectivity index (χ2n) is 7.18. The summed E-state index contributed by atoms with van der Waals surface area (Å²) in [6.45, 7) is 2.25. The summed E-state index contributed by atoms with van der Waals surface area (Å²) in [7, 11) is 3.75. The van der Waals surface area contributed by atoms with E-state index in [0.29, 0.717) is 12.2 Å². The van der Waals surface area contributed by atoms with E-state index < -0.39 is 18.4 Å². The largest absolute Gasteiger partial charge is 0.452 e. The zero-order valence-corrected chi connectivity index (χ0v) is 16.4. The summed E-state index contributed by atoms with van der Waals surface area (Å²) in [6.07, 6.45) is -2.85. The van der Waals surface area contributed by atoms with Crippen LogP contribution in [0.5, 0.6) is 0 Å². The van der Waals surface area contributed by atoms with Crippen molar-refractivity contribution in [1.29, 1.82) is 0 Å². The van der Waals surface area contributed by atoms with Gasteiger partial charge in [-0.15, -0.1) is 0 Å². The third-order valence-electron chi connectivity index (χ3n) is 4.91. The number of aliphatic hydroxyl groups excluding tert-OH is 1. The number of likely N-dealkylation sites (N-methyl/N-ethyl adjacent to an activating group) is 1. The van der Waals surface area contributed by atoms with E-state index in [2.05, 4.69) is 0 Å². The zero-order chi connectivity index (χ0) is 20.1. The number of hydrogen-bond donors (Lipinski definition) is 1. The number of ether oxygens (including phenoxy) is 3. The van der Waals surface area contributed by atoms with E-state index in [4.69, 9.17) is 14.2 Å². The molecule has 1 saturated heterocycles. The summed E-state index contributed by atoms with van der Waals surface area (Å²) in [5.74, 6) is -0.503. The van der Waals surface area contributed by atoms with Crippen molar-refractivity contribution < 1.29 is 24.1 Å². The highest BCUT2D eigenvalue weighted by Gasteiger charge is 2.47. The molecular formula is C22H27NO5. The van der Waals surface area contributed by atoms with Crippen molar-refractivity contribution >= 4 is 5.97 Å². The minimum absolute atomic E-state index is 0.363. The molecule has 0 radical (unpaired) electrons. The third-order valence-corrected chi connectivity index (χ3v) is 4.91. The number of benzene rings is 2. The highest BCUT2D eigenvalue weighted by Crippen LogP contribution is 2.28. The Hall–Kier alpha value is -2.25. The Morgan fingerprint density at radius 1 is 1.04 bits per heavy atom. The molecule has 0 amide bonds. The van der Waals surface area contributed by atoms with E-state index in [1.807, 2.05) is 62.3 Å². The highest BCUT2D eigenvalue weighted by atomic mass is 16.7. The first-order valence-corrected chi connectivity index (χ1v) is 9.39. The lowest BCUT2D eigenvalue weighted by atomic mass is 9.95. The lowest BCUT2D eigenvalue weighted by Gasteiger charge is -2.46. The van der Waals surface area contributed by atoms with Crippen LogP contribution < -0.4 is 0 Å². The first-order chi connectivity index (χ1) is 13.5. The van der Waals surface area contributed by atoms with Gasteiger partial charge in [0.1, 0.15) is 6.10 Å². The van der Waals surface area contributed by atoms with Crippen LogP contribution in [0.4, 0.5) is 0 Å². The minimum Gasteiger partial charge on any atom is -0.452 e. The van der Waals surface area contributed by atoms with Crippen molar-refractivity contribution in [2.45, 2.75) is 44.2 Å².